The van der Waals surface area contributed by atoms with E-state index in [4.69, 9.17) is 9.15 Å². The van der Waals surface area contributed by atoms with E-state index >= 15 is 0 Å². The van der Waals surface area contributed by atoms with E-state index in [-0.39, 0.29) is 5.91 Å². The van der Waals surface area contributed by atoms with Gasteiger partial charge in [-0.3, -0.25) is 4.79 Å². The third kappa shape index (κ3) is 3.11. The standard InChI is InChI=1S/C18H17NO3/c1-21-15-8-6-13(7-9-15)18(20)19-11-10-16-12-14-4-2-3-5-17(14)22-16/h2-9,12H,10-11H2,1H3,(H,19,20). The average molecular weight is 295 g/mol. The van der Waals surface area contributed by atoms with Crippen molar-refractivity contribution in [3.05, 3.63) is 65.9 Å². The van der Waals surface area contributed by atoms with Crippen molar-refractivity contribution >= 4 is 16.9 Å². The quantitative estimate of drug-likeness (QED) is 0.784. The number of methoxy groups -OCH3 is 1. The van der Waals surface area contributed by atoms with Crippen LogP contribution in [0.5, 0.6) is 5.75 Å². The first-order valence-corrected chi connectivity index (χ1v) is 7.16. The highest BCUT2D eigenvalue weighted by Crippen LogP contribution is 2.18. The third-order valence-corrected chi connectivity index (χ3v) is 3.49. The molecule has 1 heterocycles. The second-order valence-electron chi connectivity index (χ2n) is 4.98. The molecule has 0 aliphatic rings. The summed E-state index contributed by atoms with van der Waals surface area (Å²) in [7, 11) is 1.60. The number of ether oxygens (including phenoxy) is 1. The number of benzene rings is 2. The van der Waals surface area contributed by atoms with Crippen LogP contribution in [0.3, 0.4) is 0 Å². The highest BCUT2D eigenvalue weighted by atomic mass is 16.5. The average Bonchev–Trinajstić information content (AvgIpc) is 2.97. The van der Waals surface area contributed by atoms with Gasteiger partial charge in [-0.2, -0.15) is 0 Å². The van der Waals surface area contributed by atoms with Gasteiger partial charge in [-0.25, -0.2) is 0 Å². The molecule has 4 heteroatoms. The van der Waals surface area contributed by atoms with Gasteiger partial charge in [0.2, 0.25) is 0 Å². The fourth-order valence-electron chi connectivity index (χ4n) is 2.30. The molecule has 0 fully saturated rings. The number of carbonyl (C=O) groups excluding carboxylic acids is 1. The van der Waals surface area contributed by atoms with Crippen LogP contribution in [-0.2, 0) is 6.42 Å². The fourth-order valence-corrected chi connectivity index (χ4v) is 2.30. The summed E-state index contributed by atoms with van der Waals surface area (Å²) < 4.78 is 10.8. The van der Waals surface area contributed by atoms with E-state index in [0.717, 1.165) is 22.5 Å². The SMILES string of the molecule is COc1ccc(C(=O)NCCc2cc3ccccc3o2)cc1. The lowest BCUT2D eigenvalue weighted by atomic mass is 10.2. The maximum absolute atomic E-state index is 12.0. The maximum Gasteiger partial charge on any atom is 0.251 e. The van der Waals surface area contributed by atoms with Crippen molar-refractivity contribution in [3.63, 3.8) is 0 Å². The third-order valence-electron chi connectivity index (χ3n) is 3.49. The van der Waals surface area contributed by atoms with E-state index in [0.29, 0.717) is 18.5 Å². The van der Waals surface area contributed by atoms with Gasteiger partial charge >= 0.3 is 0 Å². The van der Waals surface area contributed by atoms with Gasteiger partial charge in [0.25, 0.3) is 5.91 Å². The molecule has 0 spiro atoms. The van der Waals surface area contributed by atoms with Gasteiger partial charge < -0.3 is 14.5 Å². The van der Waals surface area contributed by atoms with Gasteiger partial charge in [0.15, 0.2) is 0 Å². The second kappa shape index (κ2) is 6.35. The first-order chi connectivity index (χ1) is 10.8. The van der Waals surface area contributed by atoms with Crippen LogP contribution in [-0.4, -0.2) is 19.6 Å². The van der Waals surface area contributed by atoms with Crippen LogP contribution in [0.2, 0.25) is 0 Å². The molecule has 22 heavy (non-hydrogen) atoms. The Morgan fingerprint density at radius 3 is 2.64 bits per heavy atom. The van der Waals surface area contributed by atoms with Crippen molar-refractivity contribution in [3.8, 4) is 5.75 Å². The number of carbonyl (C=O) groups is 1. The molecule has 0 saturated heterocycles. The molecule has 0 saturated carbocycles. The molecule has 0 aliphatic heterocycles. The minimum atomic E-state index is -0.0984. The highest BCUT2D eigenvalue weighted by molar-refractivity contribution is 5.94. The zero-order chi connectivity index (χ0) is 15.4. The Hall–Kier alpha value is -2.75. The molecule has 1 N–H and O–H groups in total. The summed E-state index contributed by atoms with van der Waals surface area (Å²) >= 11 is 0. The van der Waals surface area contributed by atoms with Crippen LogP contribution in [0.1, 0.15) is 16.1 Å². The topological polar surface area (TPSA) is 51.5 Å². The molecular weight excluding hydrogens is 278 g/mol. The number of rotatable bonds is 5. The van der Waals surface area contributed by atoms with E-state index in [1.165, 1.54) is 0 Å². The molecule has 0 bridgehead atoms. The Labute approximate surface area is 128 Å². The van der Waals surface area contributed by atoms with Crippen molar-refractivity contribution in [1.82, 2.24) is 5.32 Å². The molecule has 0 aliphatic carbocycles. The normalized spacial score (nSPS) is 10.6. The molecule has 3 aromatic rings. The molecule has 3 rings (SSSR count). The molecule has 0 atom stereocenters. The number of fused-ring (bicyclic) bond motifs is 1. The van der Waals surface area contributed by atoms with Crippen LogP contribution in [0.25, 0.3) is 11.0 Å². The predicted molar refractivity (Wildman–Crippen MR) is 85.2 cm³/mol. The van der Waals surface area contributed by atoms with Crippen molar-refractivity contribution in [2.24, 2.45) is 0 Å². The van der Waals surface area contributed by atoms with E-state index < -0.39 is 0 Å². The molecule has 4 nitrogen and oxygen atoms in total. The van der Waals surface area contributed by atoms with Crippen molar-refractivity contribution < 1.29 is 13.9 Å². The summed E-state index contributed by atoms with van der Waals surface area (Å²) in [4.78, 5) is 12.0. The minimum absolute atomic E-state index is 0.0984. The van der Waals surface area contributed by atoms with E-state index in [1.807, 2.05) is 30.3 Å². The Morgan fingerprint density at radius 1 is 1.14 bits per heavy atom. The van der Waals surface area contributed by atoms with Gasteiger partial charge in [0.1, 0.15) is 17.1 Å². The summed E-state index contributed by atoms with van der Waals surface area (Å²) in [6.07, 6.45) is 0.663. The summed E-state index contributed by atoms with van der Waals surface area (Å²) in [5.74, 6) is 1.51. The Morgan fingerprint density at radius 2 is 1.91 bits per heavy atom. The molecule has 112 valence electrons. The van der Waals surface area contributed by atoms with Crippen LogP contribution < -0.4 is 10.1 Å². The van der Waals surface area contributed by atoms with Gasteiger partial charge in [-0.15, -0.1) is 0 Å². The lowest BCUT2D eigenvalue weighted by molar-refractivity contribution is 0.0953. The lowest BCUT2D eigenvalue weighted by Crippen LogP contribution is -2.25. The second-order valence-corrected chi connectivity index (χ2v) is 4.98. The summed E-state index contributed by atoms with van der Waals surface area (Å²) in [6.45, 7) is 0.532. The Bertz CT molecular complexity index is 741. The molecule has 1 aromatic heterocycles. The van der Waals surface area contributed by atoms with Crippen molar-refractivity contribution in [1.29, 1.82) is 0 Å². The number of furan rings is 1. The van der Waals surface area contributed by atoms with Crippen molar-refractivity contribution in [2.45, 2.75) is 6.42 Å². The molecule has 0 unspecified atom stereocenters. The lowest BCUT2D eigenvalue weighted by Gasteiger charge is -2.05. The number of para-hydroxylation sites is 1. The molecule has 1 amide bonds. The minimum Gasteiger partial charge on any atom is -0.497 e. The highest BCUT2D eigenvalue weighted by Gasteiger charge is 2.07. The maximum atomic E-state index is 12.0. The number of hydrogen-bond acceptors (Lipinski definition) is 3. The number of hydrogen-bond donors (Lipinski definition) is 1. The molecular formula is C18H17NO3. The van der Waals surface area contributed by atoms with E-state index in [1.54, 1.807) is 31.4 Å². The largest absolute Gasteiger partial charge is 0.497 e. The zero-order valence-electron chi connectivity index (χ0n) is 12.3. The summed E-state index contributed by atoms with van der Waals surface area (Å²) in [6, 6.07) is 16.9. The predicted octanol–water partition coefficient (Wildman–Crippen LogP) is 3.41. The van der Waals surface area contributed by atoms with Gasteiger partial charge in [0, 0.05) is 23.9 Å². The van der Waals surface area contributed by atoms with Crippen LogP contribution in [0.4, 0.5) is 0 Å². The van der Waals surface area contributed by atoms with Crippen LogP contribution in [0.15, 0.2) is 59.0 Å². The summed E-state index contributed by atoms with van der Waals surface area (Å²) in [5.41, 5.74) is 1.49. The molecule has 0 radical (unpaired) electrons. The first-order valence-electron chi connectivity index (χ1n) is 7.16. The van der Waals surface area contributed by atoms with Gasteiger partial charge in [-0.05, 0) is 36.4 Å². The monoisotopic (exact) mass is 295 g/mol. The zero-order valence-corrected chi connectivity index (χ0v) is 12.3. The smallest absolute Gasteiger partial charge is 0.251 e. The number of amides is 1. The van der Waals surface area contributed by atoms with Crippen LogP contribution in [0, 0.1) is 0 Å². The van der Waals surface area contributed by atoms with Gasteiger partial charge in [0.05, 0.1) is 7.11 Å². The van der Waals surface area contributed by atoms with Gasteiger partial charge in [-0.1, -0.05) is 18.2 Å². The van der Waals surface area contributed by atoms with E-state index in [2.05, 4.69) is 5.32 Å². The molecule has 2 aromatic carbocycles. The number of nitrogens with one attached hydrogen (secondary N) is 1. The Kier molecular flexibility index (Phi) is 4.10. The summed E-state index contributed by atoms with van der Waals surface area (Å²) in [5, 5.41) is 3.97. The van der Waals surface area contributed by atoms with Crippen molar-refractivity contribution in [2.75, 3.05) is 13.7 Å². The van der Waals surface area contributed by atoms with Crippen LogP contribution >= 0.6 is 0 Å². The first kappa shape index (κ1) is 14.2. The Balaban J connectivity index is 1.56. The van der Waals surface area contributed by atoms with E-state index in [9.17, 15) is 4.79 Å². The fraction of sp³-hybridized carbons (Fsp3) is 0.167.